The van der Waals surface area contributed by atoms with Gasteiger partial charge >= 0.3 is 6.09 Å². The third kappa shape index (κ3) is 9.97. The number of β-amino-alcohol motifs (C(OH)–C–C–N with tert-alkyl or cyclic N) is 1. The summed E-state index contributed by atoms with van der Waals surface area (Å²) in [4.78, 5) is 41.6. The number of likely N-dealkylation sites (tertiary alicyclic amines) is 1. The molecule has 1 aromatic carbocycles. The number of carbonyl (C=O) groups is 3. The lowest BCUT2D eigenvalue weighted by atomic mass is 9.72. The number of aliphatic hydroxyl groups excluding tert-OH is 1. The molecule has 0 bridgehead atoms. The Morgan fingerprint density at radius 2 is 1.64 bits per heavy atom. The molecule has 2 fully saturated rings. The predicted octanol–water partition coefficient (Wildman–Crippen LogP) is 4.03. The third-order valence-corrected chi connectivity index (χ3v) is 8.48. The minimum atomic E-state index is -0.942. The van der Waals surface area contributed by atoms with Gasteiger partial charge in [0.1, 0.15) is 6.04 Å². The van der Waals surface area contributed by atoms with Crippen LogP contribution in [0.15, 0.2) is 30.3 Å². The number of rotatable bonds is 10. The van der Waals surface area contributed by atoms with E-state index in [4.69, 9.17) is 4.74 Å². The first kappa shape index (κ1) is 33.8. The first-order valence-electron chi connectivity index (χ1n) is 15.7. The number of amides is 3. The number of piperidine rings is 1. The molecular weight excluding hydrogens is 532 g/mol. The van der Waals surface area contributed by atoms with E-state index in [1.54, 1.807) is 6.92 Å². The summed E-state index contributed by atoms with van der Waals surface area (Å²) in [6.07, 6.45) is 4.28. The van der Waals surface area contributed by atoms with Crippen LogP contribution < -0.4 is 16.0 Å². The Balaban J connectivity index is 1.84. The zero-order valence-corrected chi connectivity index (χ0v) is 26.7. The number of nitrogens with zero attached hydrogens (tertiary/aromatic N) is 1. The van der Waals surface area contributed by atoms with Crippen molar-refractivity contribution in [1.82, 2.24) is 20.9 Å². The molecule has 6 atom stereocenters. The van der Waals surface area contributed by atoms with Gasteiger partial charge in [-0.2, -0.15) is 0 Å². The Bertz CT molecular complexity index is 1040. The second-order valence-electron chi connectivity index (χ2n) is 14.3. The zero-order chi connectivity index (χ0) is 31.1. The summed E-state index contributed by atoms with van der Waals surface area (Å²) in [5.74, 6) is 0.632. The third-order valence-electron chi connectivity index (χ3n) is 8.48. The number of carbonyl (C=O) groups excluding carboxylic acids is 3. The second-order valence-corrected chi connectivity index (χ2v) is 14.3. The van der Waals surface area contributed by atoms with Crippen LogP contribution in [0.3, 0.4) is 0 Å². The fourth-order valence-corrected chi connectivity index (χ4v) is 6.38. The number of hydrogen-bond acceptors (Lipinski definition) is 6. The van der Waals surface area contributed by atoms with Gasteiger partial charge in [-0.3, -0.25) is 14.5 Å². The average Bonchev–Trinajstić information content (AvgIpc) is 2.90. The van der Waals surface area contributed by atoms with Crippen molar-refractivity contribution >= 4 is 17.9 Å². The largest absolute Gasteiger partial charge is 0.450 e. The van der Waals surface area contributed by atoms with E-state index in [1.165, 1.54) is 12.8 Å². The Labute approximate surface area is 252 Å². The van der Waals surface area contributed by atoms with Crippen LogP contribution in [0.2, 0.25) is 0 Å². The van der Waals surface area contributed by atoms with Gasteiger partial charge in [-0.25, -0.2) is 4.79 Å². The van der Waals surface area contributed by atoms with E-state index >= 15 is 0 Å². The minimum Gasteiger partial charge on any atom is -0.450 e. The molecule has 1 saturated heterocycles. The van der Waals surface area contributed by atoms with E-state index in [0.29, 0.717) is 18.3 Å². The molecule has 1 aliphatic heterocycles. The predicted molar refractivity (Wildman–Crippen MR) is 165 cm³/mol. The molecule has 2 aliphatic rings. The molecule has 5 unspecified atom stereocenters. The van der Waals surface area contributed by atoms with Crippen molar-refractivity contribution in [1.29, 1.82) is 0 Å². The molecule has 236 valence electrons. The van der Waals surface area contributed by atoms with Gasteiger partial charge in [0.15, 0.2) is 0 Å². The molecule has 42 heavy (non-hydrogen) atoms. The Morgan fingerprint density at radius 1 is 1.00 bits per heavy atom. The van der Waals surface area contributed by atoms with Crippen molar-refractivity contribution < 1.29 is 24.2 Å². The molecule has 3 rings (SSSR count). The van der Waals surface area contributed by atoms with Crippen molar-refractivity contribution in [2.45, 2.75) is 117 Å². The van der Waals surface area contributed by atoms with E-state index < -0.39 is 29.7 Å². The first-order chi connectivity index (χ1) is 19.7. The monoisotopic (exact) mass is 586 g/mol. The van der Waals surface area contributed by atoms with Crippen molar-refractivity contribution in [3.63, 3.8) is 0 Å². The van der Waals surface area contributed by atoms with Crippen LogP contribution in [-0.4, -0.2) is 77.4 Å². The van der Waals surface area contributed by atoms with Crippen molar-refractivity contribution in [3.8, 4) is 0 Å². The van der Waals surface area contributed by atoms with Gasteiger partial charge in [0, 0.05) is 18.6 Å². The maximum absolute atomic E-state index is 13.7. The summed E-state index contributed by atoms with van der Waals surface area (Å²) in [6, 6.07) is 7.89. The molecule has 9 nitrogen and oxygen atoms in total. The average molecular weight is 587 g/mol. The number of aliphatic hydroxyl groups is 1. The molecule has 1 saturated carbocycles. The summed E-state index contributed by atoms with van der Waals surface area (Å²) in [6.45, 7) is 14.5. The van der Waals surface area contributed by atoms with Crippen LogP contribution in [0.25, 0.3) is 0 Å². The molecule has 1 aromatic rings. The molecule has 0 aromatic heterocycles. The highest BCUT2D eigenvalue weighted by molar-refractivity contribution is 5.86. The van der Waals surface area contributed by atoms with Crippen LogP contribution in [0.4, 0.5) is 4.79 Å². The van der Waals surface area contributed by atoms with Crippen LogP contribution in [0.5, 0.6) is 0 Å². The summed E-state index contributed by atoms with van der Waals surface area (Å²) in [7, 11) is 0. The molecule has 4 N–H and O–H groups in total. The summed E-state index contributed by atoms with van der Waals surface area (Å²) in [5, 5.41) is 20.7. The molecule has 1 aliphatic carbocycles. The number of benzene rings is 1. The van der Waals surface area contributed by atoms with Gasteiger partial charge in [0.25, 0.3) is 0 Å². The van der Waals surface area contributed by atoms with Crippen molar-refractivity contribution in [2.24, 2.45) is 17.3 Å². The normalized spacial score (nSPS) is 23.6. The standard InChI is InChI=1S/C33H54N4O5/c1-8-42-31(41)35-28(32(2,3)4)30(40)34-25(18-22-14-10-9-11-15-22)27(38)21-37-20-24-17-13-12-16-23(24)19-26(37)29(39)36-33(5,6)7/h9-11,14-15,23-28,38H,8,12-13,16-21H2,1-7H3,(H,34,40)(H,35,41)(H,36,39)/t23-,24?,25?,26?,27?,28?/m0/s1. The lowest BCUT2D eigenvalue weighted by molar-refractivity contribution is -0.133. The quantitative estimate of drug-likeness (QED) is 0.329. The van der Waals surface area contributed by atoms with Crippen LogP contribution in [-0.2, 0) is 20.7 Å². The zero-order valence-electron chi connectivity index (χ0n) is 26.7. The molecule has 0 spiro atoms. The molecule has 1 heterocycles. The maximum atomic E-state index is 13.7. The fourth-order valence-electron chi connectivity index (χ4n) is 6.38. The smallest absolute Gasteiger partial charge is 0.407 e. The van der Waals surface area contributed by atoms with E-state index in [9.17, 15) is 19.5 Å². The Kier molecular flexibility index (Phi) is 11.8. The number of nitrogens with one attached hydrogen (secondary N) is 3. The van der Waals surface area contributed by atoms with Gasteiger partial charge in [-0.1, -0.05) is 70.4 Å². The molecule has 3 amide bonds. The number of hydrogen-bond donors (Lipinski definition) is 4. The first-order valence-corrected chi connectivity index (χ1v) is 15.7. The van der Waals surface area contributed by atoms with Gasteiger partial charge in [0.2, 0.25) is 11.8 Å². The van der Waals surface area contributed by atoms with Crippen LogP contribution >= 0.6 is 0 Å². The molecule has 9 heteroatoms. The second kappa shape index (κ2) is 14.7. The summed E-state index contributed by atoms with van der Waals surface area (Å²) < 4.78 is 5.05. The van der Waals surface area contributed by atoms with Gasteiger partial charge in [-0.15, -0.1) is 0 Å². The van der Waals surface area contributed by atoms with E-state index in [0.717, 1.165) is 31.4 Å². The SMILES string of the molecule is CCOC(=O)NC(C(=O)NC(Cc1ccccc1)C(O)CN1CC2CCCC[C@H]2CC1C(=O)NC(C)(C)C)C(C)(C)C. The number of alkyl carbamates (subject to hydrolysis) is 1. The Morgan fingerprint density at radius 3 is 2.24 bits per heavy atom. The minimum absolute atomic E-state index is 0.00574. The lowest BCUT2D eigenvalue weighted by Crippen LogP contribution is -2.61. The highest BCUT2D eigenvalue weighted by atomic mass is 16.5. The summed E-state index contributed by atoms with van der Waals surface area (Å²) in [5.41, 5.74) is 0.0150. The van der Waals surface area contributed by atoms with Gasteiger partial charge < -0.3 is 25.8 Å². The number of ether oxygens (including phenoxy) is 1. The van der Waals surface area contributed by atoms with E-state index in [-0.39, 0.29) is 36.5 Å². The number of fused-ring (bicyclic) bond motifs is 1. The fraction of sp³-hybridized carbons (Fsp3) is 0.727. The van der Waals surface area contributed by atoms with Crippen molar-refractivity contribution in [3.05, 3.63) is 35.9 Å². The van der Waals surface area contributed by atoms with Gasteiger partial charge in [-0.05, 0) is 69.8 Å². The topological polar surface area (TPSA) is 120 Å². The lowest BCUT2D eigenvalue weighted by Gasteiger charge is -2.47. The summed E-state index contributed by atoms with van der Waals surface area (Å²) >= 11 is 0. The van der Waals surface area contributed by atoms with Crippen LogP contribution in [0.1, 0.15) is 86.1 Å². The van der Waals surface area contributed by atoms with Crippen LogP contribution in [0, 0.1) is 17.3 Å². The van der Waals surface area contributed by atoms with E-state index in [2.05, 4.69) is 20.9 Å². The highest BCUT2D eigenvalue weighted by Crippen LogP contribution is 2.39. The highest BCUT2D eigenvalue weighted by Gasteiger charge is 2.42. The maximum Gasteiger partial charge on any atom is 0.407 e. The molecular formula is C33H54N4O5. The van der Waals surface area contributed by atoms with Crippen molar-refractivity contribution in [2.75, 3.05) is 19.7 Å². The Hall–Kier alpha value is -2.65. The van der Waals surface area contributed by atoms with Gasteiger partial charge in [0.05, 0.1) is 24.8 Å². The molecule has 0 radical (unpaired) electrons. The van der Waals surface area contributed by atoms with E-state index in [1.807, 2.05) is 71.9 Å².